The van der Waals surface area contributed by atoms with Gasteiger partial charge in [0.25, 0.3) is 0 Å². The molecule has 0 spiro atoms. The molecule has 82 valence electrons. The van der Waals surface area contributed by atoms with Gasteiger partial charge >= 0.3 is 0 Å². The quantitative estimate of drug-likeness (QED) is 0.642. The SMILES string of the molecule is Cn1cnc(C#Cc2cc(F)cc(C#N)c2)c1. The van der Waals surface area contributed by atoms with Crippen LogP contribution in [-0.2, 0) is 7.05 Å². The number of nitrogens with zero attached hydrogens (tertiary/aromatic N) is 3. The van der Waals surface area contributed by atoms with E-state index in [-0.39, 0.29) is 5.56 Å². The number of aryl methyl sites for hydroxylation is 1. The molecule has 0 N–H and O–H groups in total. The molecule has 4 heteroatoms. The first kappa shape index (κ1) is 10.9. The number of halogens is 1. The maximum atomic E-state index is 13.1. The van der Waals surface area contributed by atoms with Crippen LogP contribution in [0.25, 0.3) is 0 Å². The summed E-state index contributed by atoms with van der Waals surface area (Å²) in [6.07, 6.45) is 3.40. The molecule has 0 saturated carbocycles. The van der Waals surface area contributed by atoms with Gasteiger partial charge in [0, 0.05) is 18.8 Å². The molecule has 1 aromatic heterocycles. The van der Waals surface area contributed by atoms with E-state index in [1.54, 1.807) is 23.2 Å². The first-order chi connectivity index (χ1) is 8.17. The zero-order valence-corrected chi connectivity index (χ0v) is 9.11. The van der Waals surface area contributed by atoms with Crippen LogP contribution in [0.1, 0.15) is 16.8 Å². The minimum Gasteiger partial charge on any atom is -0.339 e. The number of imidazole rings is 1. The van der Waals surface area contributed by atoms with Gasteiger partial charge in [0.1, 0.15) is 11.5 Å². The van der Waals surface area contributed by atoms with E-state index in [0.29, 0.717) is 11.3 Å². The first-order valence-electron chi connectivity index (χ1n) is 4.88. The lowest BCUT2D eigenvalue weighted by Gasteiger charge is -1.92. The number of rotatable bonds is 0. The van der Waals surface area contributed by atoms with Crippen molar-refractivity contribution < 1.29 is 4.39 Å². The van der Waals surface area contributed by atoms with Crippen LogP contribution in [-0.4, -0.2) is 9.55 Å². The fraction of sp³-hybridized carbons (Fsp3) is 0.0769. The van der Waals surface area contributed by atoms with Crippen LogP contribution in [0.4, 0.5) is 4.39 Å². The van der Waals surface area contributed by atoms with Crippen LogP contribution < -0.4 is 0 Å². The Labute approximate surface area is 98.1 Å². The Kier molecular flexibility index (Phi) is 2.89. The topological polar surface area (TPSA) is 41.6 Å². The van der Waals surface area contributed by atoms with Gasteiger partial charge in [0.2, 0.25) is 0 Å². The molecule has 0 unspecified atom stereocenters. The molecule has 0 saturated heterocycles. The van der Waals surface area contributed by atoms with Crippen LogP contribution in [0.15, 0.2) is 30.7 Å². The molecule has 0 bridgehead atoms. The van der Waals surface area contributed by atoms with Gasteiger partial charge in [-0.25, -0.2) is 9.37 Å². The van der Waals surface area contributed by atoms with E-state index < -0.39 is 5.82 Å². The molecule has 0 amide bonds. The lowest BCUT2D eigenvalue weighted by atomic mass is 10.1. The van der Waals surface area contributed by atoms with Crippen LogP contribution in [0.5, 0.6) is 0 Å². The second-order valence-corrected chi connectivity index (χ2v) is 3.51. The van der Waals surface area contributed by atoms with Gasteiger partial charge in [0.05, 0.1) is 18.0 Å². The Morgan fingerprint density at radius 1 is 1.24 bits per heavy atom. The van der Waals surface area contributed by atoms with Crippen molar-refractivity contribution in [3.63, 3.8) is 0 Å². The lowest BCUT2D eigenvalue weighted by Crippen LogP contribution is -1.83. The molecular weight excluding hydrogens is 217 g/mol. The van der Waals surface area contributed by atoms with Gasteiger partial charge in [-0.1, -0.05) is 5.92 Å². The van der Waals surface area contributed by atoms with Gasteiger partial charge in [-0.3, -0.25) is 0 Å². The predicted molar refractivity (Wildman–Crippen MR) is 60.3 cm³/mol. The molecule has 2 aromatic rings. The molecule has 0 aliphatic heterocycles. The molecule has 1 heterocycles. The van der Waals surface area contributed by atoms with Gasteiger partial charge in [0.15, 0.2) is 0 Å². The van der Waals surface area contributed by atoms with Crippen LogP contribution in [0, 0.1) is 29.0 Å². The zero-order chi connectivity index (χ0) is 12.3. The second-order valence-electron chi connectivity index (χ2n) is 3.51. The van der Waals surface area contributed by atoms with E-state index in [0.717, 1.165) is 0 Å². The molecule has 3 nitrogen and oxygen atoms in total. The number of hydrogen-bond acceptors (Lipinski definition) is 2. The predicted octanol–water partition coefficient (Wildman–Crippen LogP) is 1.83. The number of nitriles is 1. The summed E-state index contributed by atoms with van der Waals surface area (Å²) in [6.45, 7) is 0. The van der Waals surface area contributed by atoms with Crippen molar-refractivity contribution >= 4 is 0 Å². The highest BCUT2D eigenvalue weighted by molar-refractivity contribution is 5.44. The molecule has 0 aliphatic carbocycles. The summed E-state index contributed by atoms with van der Waals surface area (Å²) in [5.41, 5.74) is 1.33. The Balaban J connectivity index is 2.34. The highest BCUT2D eigenvalue weighted by Crippen LogP contribution is 2.07. The molecule has 0 radical (unpaired) electrons. The van der Waals surface area contributed by atoms with Crippen LogP contribution >= 0.6 is 0 Å². The lowest BCUT2D eigenvalue weighted by molar-refractivity contribution is 0.627. The summed E-state index contributed by atoms with van der Waals surface area (Å²) < 4.78 is 14.9. The zero-order valence-electron chi connectivity index (χ0n) is 9.11. The van der Waals surface area contributed by atoms with Gasteiger partial charge in [-0.2, -0.15) is 5.26 Å². The Morgan fingerprint density at radius 2 is 2.00 bits per heavy atom. The molecule has 0 aliphatic rings. The maximum absolute atomic E-state index is 13.1. The first-order valence-corrected chi connectivity index (χ1v) is 4.88. The molecule has 0 fully saturated rings. The monoisotopic (exact) mass is 225 g/mol. The molecule has 2 rings (SSSR count). The van der Waals surface area contributed by atoms with E-state index >= 15 is 0 Å². The second kappa shape index (κ2) is 4.51. The largest absolute Gasteiger partial charge is 0.339 e. The number of aromatic nitrogens is 2. The van der Waals surface area contributed by atoms with Gasteiger partial charge in [-0.05, 0) is 24.1 Å². The Morgan fingerprint density at radius 3 is 2.65 bits per heavy atom. The average molecular weight is 225 g/mol. The van der Waals surface area contributed by atoms with Crippen molar-refractivity contribution in [2.75, 3.05) is 0 Å². The van der Waals surface area contributed by atoms with Crippen molar-refractivity contribution in [2.24, 2.45) is 7.05 Å². The third-order valence-corrected chi connectivity index (χ3v) is 2.07. The molecular formula is C13H8FN3. The fourth-order valence-electron chi connectivity index (χ4n) is 1.34. The van der Waals surface area contributed by atoms with Crippen molar-refractivity contribution in [3.05, 3.63) is 53.4 Å². The summed E-state index contributed by atoms with van der Waals surface area (Å²) in [5, 5.41) is 8.69. The number of hydrogen-bond donors (Lipinski definition) is 0. The van der Waals surface area contributed by atoms with E-state index in [1.165, 1.54) is 12.1 Å². The minimum absolute atomic E-state index is 0.260. The van der Waals surface area contributed by atoms with Crippen molar-refractivity contribution in [1.82, 2.24) is 9.55 Å². The summed E-state index contributed by atoms with van der Waals surface area (Å²) in [7, 11) is 1.84. The van der Waals surface area contributed by atoms with E-state index in [4.69, 9.17) is 5.26 Å². The van der Waals surface area contributed by atoms with Gasteiger partial charge in [-0.15, -0.1) is 0 Å². The molecule has 0 atom stereocenters. The highest BCUT2D eigenvalue weighted by atomic mass is 19.1. The smallest absolute Gasteiger partial charge is 0.131 e. The van der Waals surface area contributed by atoms with E-state index in [1.807, 2.05) is 13.1 Å². The van der Waals surface area contributed by atoms with Crippen molar-refractivity contribution in [1.29, 1.82) is 5.26 Å². The van der Waals surface area contributed by atoms with Gasteiger partial charge < -0.3 is 4.57 Å². The maximum Gasteiger partial charge on any atom is 0.131 e. The fourth-order valence-corrected chi connectivity index (χ4v) is 1.34. The van der Waals surface area contributed by atoms with Crippen molar-refractivity contribution in [3.8, 4) is 17.9 Å². The summed E-state index contributed by atoms with van der Waals surface area (Å²) in [5.74, 6) is 5.11. The normalized spacial score (nSPS) is 9.24. The standard InChI is InChI=1S/C13H8FN3/c1-17-8-13(16-9-17)3-2-10-4-11(7-15)6-12(14)5-10/h4-6,8-9H,1H3. The molecule has 17 heavy (non-hydrogen) atoms. The summed E-state index contributed by atoms with van der Waals surface area (Å²) in [6, 6.07) is 5.88. The Hall–Kier alpha value is -2.59. The average Bonchev–Trinajstić information content (AvgIpc) is 2.72. The number of benzene rings is 1. The van der Waals surface area contributed by atoms with Crippen LogP contribution in [0.2, 0.25) is 0 Å². The third kappa shape index (κ3) is 2.70. The summed E-state index contributed by atoms with van der Waals surface area (Å²) in [4.78, 5) is 4.03. The highest BCUT2D eigenvalue weighted by Gasteiger charge is 1.98. The summed E-state index contributed by atoms with van der Waals surface area (Å²) >= 11 is 0. The molecule has 1 aromatic carbocycles. The third-order valence-electron chi connectivity index (χ3n) is 2.07. The van der Waals surface area contributed by atoms with E-state index in [9.17, 15) is 4.39 Å². The Bertz CT molecular complexity index is 653. The van der Waals surface area contributed by atoms with Crippen molar-refractivity contribution in [2.45, 2.75) is 0 Å². The van der Waals surface area contributed by atoms with Crippen LogP contribution in [0.3, 0.4) is 0 Å². The minimum atomic E-state index is -0.464. The van der Waals surface area contributed by atoms with E-state index in [2.05, 4.69) is 16.8 Å².